The van der Waals surface area contributed by atoms with Crippen molar-refractivity contribution in [2.24, 2.45) is 0 Å². The predicted molar refractivity (Wildman–Crippen MR) is 78.4 cm³/mol. The molecule has 0 spiro atoms. The lowest BCUT2D eigenvalue weighted by Gasteiger charge is -2.47. The van der Waals surface area contributed by atoms with Gasteiger partial charge in [-0.15, -0.1) is 0 Å². The van der Waals surface area contributed by atoms with Crippen LogP contribution < -0.4 is 10.1 Å². The van der Waals surface area contributed by atoms with Crippen molar-refractivity contribution >= 4 is 11.4 Å². The number of halogens is 1. The van der Waals surface area contributed by atoms with E-state index in [9.17, 15) is 14.5 Å². The van der Waals surface area contributed by atoms with Crippen LogP contribution in [0.5, 0.6) is 5.75 Å². The fourth-order valence-electron chi connectivity index (χ4n) is 2.61. The molecule has 0 aromatic heterocycles. The van der Waals surface area contributed by atoms with Crippen LogP contribution in [-0.4, -0.2) is 43.1 Å². The van der Waals surface area contributed by atoms with Crippen molar-refractivity contribution in [2.45, 2.75) is 24.8 Å². The van der Waals surface area contributed by atoms with Gasteiger partial charge in [-0.25, -0.2) is 4.39 Å². The third kappa shape index (κ3) is 2.92. The van der Waals surface area contributed by atoms with E-state index in [0.717, 1.165) is 25.3 Å². The second kappa shape index (κ2) is 5.85. The number of methoxy groups -OCH3 is 1. The molecule has 116 valence electrons. The van der Waals surface area contributed by atoms with Crippen LogP contribution in [0.3, 0.4) is 0 Å². The predicted octanol–water partition coefficient (Wildman–Crippen LogP) is 2.64. The number of hydrogen-bond donors (Lipinski definition) is 1. The molecule has 1 saturated carbocycles. The fraction of sp³-hybridized carbons (Fsp3) is 0.571. The summed E-state index contributed by atoms with van der Waals surface area (Å²) in [6.45, 7) is 0.595. The number of nitro groups is 1. The highest BCUT2D eigenvalue weighted by molar-refractivity contribution is 5.59. The molecule has 2 rings (SSSR count). The van der Waals surface area contributed by atoms with E-state index in [4.69, 9.17) is 4.74 Å². The van der Waals surface area contributed by atoms with Crippen molar-refractivity contribution in [3.8, 4) is 5.75 Å². The Morgan fingerprint density at radius 3 is 2.57 bits per heavy atom. The average molecular weight is 297 g/mol. The van der Waals surface area contributed by atoms with E-state index in [2.05, 4.69) is 10.2 Å². The lowest BCUT2D eigenvalue weighted by atomic mass is 9.75. The quantitative estimate of drug-likeness (QED) is 0.646. The number of rotatable bonds is 6. The highest BCUT2D eigenvalue weighted by Gasteiger charge is 2.39. The number of likely N-dealkylation sites (N-methyl/N-ethyl adjacent to an activating group) is 1. The van der Waals surface area contributed by atoms with Crippen LogP contribution in [0.4, 0.5) is 15.8 Å². The molecule has 1 fully saturated rings. The van der Waals surface area contributed by atoms with E-state index in [0.29, 0.717) is 6.54 Å². The second-order valence-electron chi connectivity index (χ2n) is 5.59. The van der Waals surface area contributed by atoms with Crippen LogP contribution in [-0.2, 0) is 0 Å². The van der Waals surface area contributed by atoms with Gasteiger partial charge in [-0.3, -0.25) is 10.1 Å². The minimum Gasteiger partial charge on any atom is -0.490 e. The van der Waals surface area contributed by atoms with Crippen LogP contribution in [0.2, 0.25) is 0 Å². The van der Waals surface area contributed by atoms with Gasteiger partial charge >= 0.3 is 5.69 Å². The summed E-state index contributed by atoms with van der Waals surface area (Å²) in [4.78, 5) is 12.3. The molecule has 1 aliphatic carbocycles. The molecule has 0 radical (unpaired) electrons. The van der Waals surface area contributed by atoms with Gasteiger partial charge in [0.15, 0.2) is 11.6 Å². The van der Waals surface area contributed by atoms with Crippen LogP contribution in [0.15, 0.2) is 12.1 Å². The van der Waals surface area contributed by atoms with E-state index < -0.39 is 10.7 Å². The Hall–Kier alpha value is -1.89. The zero-order valence-electron chi connectivity index (χ0n) is 12.5. The standard InChI is InChI=1S/C14H20FN3O3/c1-17(2)14(5-4-6-14)9-16-11-8-13(21-3)12(18(19)20)7-10(11)15/h7-8,16H,4-6,9H2,1-3H3. The SMILES string of the molecule is COc1cc(NCC2(N(C)C)CCC2)c(F)cc1[N+](=O)[O-]. The summed E-state index contributed by atoms with van der Waals surface area (Å²) < 4.78 is 19.0. The maximum absolute atomic E-state index is 14.0. The smallest absolute Gasteiger partial charge is 0.313 e. The lowest BCUT2D eigenvalue weighted by Crippen LogP contribution is -2.54. The molecule has 21 heavy (non-hydrogen) atoms. The van der Waals surface area contributed by atoms with Gasteiger partial charge in [-0.05, 0) is 33.4 Å². The minimum atomic E-state index is -0.654. The van der Waals surface area contributed by atoms with Gasteiger partial charge in [0.05, 0.1) is 23.8 Å². The minimum absolute atomic E-state index is 0.0292. The highest BCUT2D eigenvalue weighted by Crippen LogP contribution is 2.37. The van der Waals surface area contributed by atoms with E-state index in [1.807, 2.05) is 14.1 Å². The van der Waals surface area contributed by atoms with Gasteiger partial charge in [-0.1, -0.05) is 0 Å². The number of benzene rings is 1. The summed E-state index contributed by atoms with van der Waals surface area (Å²) in [5, 5.41) is 13.9. The monoisotopic (exact) mass is 297 g/mol. The molecule has 0 atom stereocenters. The molecule has 6 nitrogen and oxygen atoms in total. The zero-order chi connectivity index (χ0) is 15.6. The second-order valence-corrected chi connectivity index (χ2v) is 5.59. The van der Waals surface area contributed by atoms with Crippen molar-refractivity contribution in [1.82, 2.24) is 4.90 Å². The fourth-order valence-corrected chi connectivity index (χ4v) is 2.61. The Labute approximate surface area is 123 Å². The molecule has 0 unspecified atom stereocenters. The third-order valence-electron chi connectivity index (χ3n) is 4.31. The van der Waals surface area contributed by atoms with Crippen LogP contribution in [0.25, 0.3) is 0 Å². The number of nitrogens with one attached hydrogen (secondary N) is 1. The first-order chi connectivity index (χ1) is 9.89. The summed E-state index contributed by atoms with van der Waals surface area (Å²) in [5.41, 5.74) is -0.112. The molecule has 1 N–H and O–H groups in total. The summed E-state index contributed by atoms with van der Waals surface area (Å²) in [7, 11) is 5.35. The molecule has 7 heteroatoms. The third-order valence-corrected chi connectivity index (χ3v) is 4.31. The van der Waals surface area contributed by atoms with Crippen molar-refractivity contribution < 1.29 is 14.1 Å². The summed E-state index contributed by atoms with van der Waals surface area (Å²) in [5.74, 6) is -0.591. The van der Waals surface area contributed by atoms with Crippen molar-refractivity contribution in [2.75, 3.05) is 33.1 Å². The van der Waals surface area contributed by atoms with Crippen LogP contribution >= 0.6 is 0 Å². The van der Waals surface area contributed by atoms with Gasteiger partial charge in [0.2, 0.25) is 0 Å². The van der Waals surface area contributed by atoms with Gasteiger partial charge in [-0.2, -0.15) is 0 Å². The number of hydrogen-bond acceptors (Lipinski definition) is 5. The van der Waals surface area contributed by atoms with Crippen molar-refractivity contribution in [3.63, 3.8) is 0 Å². The number of nitro benzene ring substituents is 1. The van der Waals surface area contributed by atoms with Gasteiger partial charge < -0.3 is 15.0 Å². The Morgan fingerprint density at radius 2 is 2.14 bits per heavy atom. The van der Waals surface area contributed by atoms with E-state index in [1.54, 1.807) is 0 Å². The van der Waals surface area contributed by atoms with Gasteiger partial charge in [0.25, 0.3) is 0 Å². The number of anilines is 1. The first-order valence-electron chi connectivity index (χ1n) is 6.83. The Morgan fingerprint density at radius 1 is 1.48 bits per heavy atom. The normalized spacial score (nSPS) is 16.4. The Bertz CT molecular complexity index is 545. The summed E-state index contributed by atoms with van der Waals surface area (Å²) in [6, 6.07) is 2.24. The molecule has 0 heterocycles. The first-order valence-corrected chi connectivity index (χ1v) is 6.83. The maximum Gasteiger partial charge on any atom is 0.313 e. The molecule has 1 aromatic carbocycles. The summed E-state index contributed by atoms with van der Waals surface area (Å²) >= 11 is 0. The Kier molecular flexibility index (Phi) is 4.32. The van der Waals surface area contributed by atoms with Crippen molar-refractivity contribution in [1.29, 1.82) is 0 Å². The van der Waals surface area contributed by atoms with Gasteiger partial charge in [0, 0.05) is 18.2 Å². The molecule has 0 amide bonds. The Balaban J connectivity index is 2.19. The molecule has 1 aromatic rings. The highest BCUT2D eigenvalue weighted by atomic mass is 19.1. The largest absolute Gasteiger partial charge is 0.490 e. The van der Waals surface area contributed by atoms with E-state index in [1.165, 1.54) is 13.2 Å². The van der Waals surface area contributed by atoms with Crippen LogP contribution in [0.1, 0.15) is 19.3 Å². The molecule has 1 aliphatic rings. The average Bonchev–Trinajstić information content (AvgIpc) is 2.38. The van der Waals surface area contributed by atoms with Gasteiger partial charge in [0.1, 0.15) is 0 Å². The van der Waals surface area contributed by atoms with E-state index >= 15 is 0 Å². The summed E-state index contributed by atoms with van der Waals surface area (Å²) in [6.07, 6.45) is 3.27. The van der Waals surface area contributed by atoms with Crippen LogP contribution in [0, 0.1) is 15.9 Å². The topological polar surface area (TPSA) is 67.6 Å². The molecule has 0 bridgehead atoms. The first kappa shape index (κ1) is 15.5. The number of ether oxygens (including phenoxy) is 1. The van der Waals surface area contributed by atoms with Crippen molar-refractivity contribution in [3.05, 3.63) is 28.1 Å². The molecule has 0 aliphatic heterocycles. The molecular formula is C14H20FN3O3. The van der Waals surface area contributed by atoms with E-state index in [-0.39, 0.29) is 22.7 Å². The lowest BCUT2D eigenvalue weighted by molar-refractivity contribution is -0.385. The molecular weight excluding hydrogens is 277 g/mol. The number of nitrogens with zero attached hydrogens (tertiary/aromatic N) is 2. The maximum atomic E-state index is 14.0. The zero-order valence-corrected chi connectivity index (χ0v) is 12.5. The molecule has 0 saturated heterocycles.